The minimum absolute atomic E-state index is 0.00412. The second-order valence-electron chi connectivity index (χ2n) is 5.52. The van der Waals surface area contributed by atoms with Crippen molar-refractivity contribution in [2.75, 3.05) is 18.9 Å². The summed E-state index contributed by atoms with van der Waals surface area (Å²) >= 11 is 0. The Hall–Kier alpha value is -2.17. The summed E-state index contributed by atoms with van der Waals surface area (Å²) in [5.74, 6) is 2.45. The summed E-state index contributed by atoms with van der Waals surface area (Å²) < 4.78 is 16.7. The van der Waals surface area contributed by atoms with Gasteiger partial charge < -0.3 is 19.7 Å². The molecule has 0 unspecified atom stereocenters. The first-order chi connectivity index (χ1) is 9.03. The number of nitrogen functional groups attached to an aromatic ring is 1. The van der Waals surface area contributed by atoms with Crippen LogP contribution in [0.15, 0.2) is 28.8 Å². The van der Waals surface area contributed by atoms with Gasteiger partial charge in [0.05, 0.1) is 13.2 Å². The lowest BCUT2D eigenvalue weighted by molar-refractivity contribution is 0.140. The third-order valence-electron chi connectivity index (χ3n) is 2.99. The molecule has 5 heteroatoms. The van der Waals surface area contributed by atoms with E-state index in [9.17, 15) is 0 Å². The summed E-state index contributed by atoms with van der Waals surface area (Å²) in [6, 6.07) is 7.35. The van der Waals surface area contributed by atoms with Crippen molar-refractivity contribution in [3.05, 3.63) is 24.3 Å². The molecule has 1 aliphatic heterocycles. The Kier molecular flexibility index (Phi) is 2.62. The molecule has 0 bridgehead atoms. The van der Waals surface area contributed by atoms with Crippen LogP contribution in [0.5, 0.6) is 11.5 Å². The Bertz CT molecular complexity index is 604. The predicted molar refractivity (Wildman–Crippen MR) is 71.1 cm³/mol. The van der Waals surface area contributed by atoms with Gasteiger partial charge in [0.2, 0.25) is 0 Å². The van der Waals surface area contributed by atoms with Gasteiger partial charge in [-0.25, -0.2) is 0 Å². The number of hydrogen-bond donors (Lipinski definition) is 1. The summed E-state index contributed by atoms with van der Waals surface area (Å²) in [6.45, 7) is 5.46. The number of aromatic nitrogens is 1. The molecule has 2 aromatic rings. The molecule has 1 aromatic carbocycles. The Morgan fingerprint density at radius 2 is 1.84 bits per heavy atom. The van der Waals surface area contributed by atoms with Crippen molar-refractivity contribution < 1.29 is 14.0 Å². The molecule has 1 aliphatic rings. The minimum atomic E-state index is -0.00412. The number of nitrogens with zero attached hydrogens (tertiary/aromatic N) is 1. The smallest absolute Gasteiger partial charge is 0.169 e. The molecule has 0 amide bonds. The van der Waals surface area contributed by atoms with Crippen molar-refractivity contribution in [1.29, 1.82) is 0 Å². The molecule has 0 fully saturated rings. The monoisotopic (exact) mass is 260 g/mol. The Balaban J connectivity index is 1.94. The molecule has 19 heavy (non-hydrogen) atoms. The van der Waals surface area contributed by atoms with E-state index in [1.165, 1.54) is 0 Å². The fourth-order valence-electron chi connectivity index (χ4n) is 1.91. The molecule has 0 radical (unpaired) electrons. The minimum Gasteiger partial charge on any atom is -0.489 e. The van der Waals surface area contributed by atoms with Crippen LogP contribution in [0.3, 0.4) is 0 Å². The van der Waals surface area contributed by atoms with E-state index in [-0.39, 0.29) is 5.41 Å². The molecule has 1 aromatic heterocycles. The van der Waals surface area contributed by atoms with E-state index in [0.29, 0.717) is 24.8 Å². The molecule has 0 atom stereocenters. The van der Waals surface area contributed by atoms with Crippen LogP contribution in [0.1, 0.15) is 13.8 Å². The van der Waals surface area contributed by atoms with E-state index in [2.05, 4.69) is 19.0 Å². The van der Waals surface area contributed by atoms with E-state index in [4.69, 9.17) is 19.7 Å². The van der Waals surface area contributed by atoms with Gasteiger partial charge in [-0.05, 0) is 18.2 Å². The first kappa shape index (κ1) is 11.9. The molecular weight excluding hydrogens is 244 g/mol. The zero-order chi connectivity index (χ0) is 13.5. The molecule has 2 heterocycles. The molecule has 0 spiro atoms. The Morgan fingerprint density at radius 1 is 1.11 bits per heavy atom. The molecule has 0 aliphatic carbocycles. The van der Waals surface area contributed by atoms with E-state index >= 15 is 0 Å². The first-order valence-electron chi connectivity index (χ1n) is 6.16. The molecule has 3 rings (SSSR count). The fourth-order valence-corrected chi connectivity index (χ4v) is 1.91. The lowest BCUT2D eigenvalue weighted by Gasteiger charge is -2.19. The third kappa shape index (κ3) is 2.36. The summed E-state index contributed by atoms with van der Waals surface area (Å²) in [5.41, 5.74) is 6.42. The second kappa shape index (κ2) is 4.19. The summed E-state index contributed by atoms with van der Waals surface area (Å²) in [7, 11) is 0. The molecule has 0 saturated heterocycles. The van der Waals surface area contributed by atoms with Crippen LogP contribution in [0.25, 0.3) is 11.3 Å². The van der Waals surface area contributed by atoms with E-state index in [0.717, 1.165) is 17.1 Å². The van der Waals surface area contributed by atoms with Crippen LogP contribution in [-0.2, 0) is 0 Å². The van der Waals surface area contributed by atoms with Gasteiger partial charge in [0.25, 0.3) is 0 Å². The van der Waals surface area contributed by atoms with E-state index in [1.807, 2.05) is 18.2 Å². The van der Waals surface area contributed by atoms with E-state index < -0.39 is 0 Å². The maximum atomic E-state index is 5.81. The Morgan fingerprint density at radius 3 is 2.53 bits per heavy atom. The number of benzene rings is 1. The van der Waals surface area contributed by atoms with E-state index in [1.54, 1.807) is 6.07 Å². The number of rotatable bonds is 1. The van der Waals surface area contributed by atoms with Crippen LogP contribution in [0, 0.1) is 5.41 Å². The van der Waals surface area contributed by atoms with Gasteiger partial charge >= 0.3 is 0 Å². The predicted octanol–water partition coefficient (Wildman–Crippen LogP) is 2.72. The van der Waals surface area contributed by atoms with Crippen LogP contribution in [0.4, 0.5) is 5.82 Å². The zero-order valence-corrected chi connectivity index (χ0v) is 11.0. The first-order valence-corrected chi connectivity index (χ1v) is 6.16. The van der Waals surface area contributed by atoms with Gasteiger partial charge in [-0.1, -0.05) is 19.0 Å². The molecule has 100 valence electrons. The highest BCUT2D eigenvalue weighted by Gasteiger charge is 2.25. The molecular formula is C14H16N2O3. The summed E-state index contributed by atoms with van der Waals surface area (Å²) in [6.07, 6.45) is 0. The average Bonchev–Trinajstić information content (AvgIpc) is 2.74. The number of nitrogens with two attached hydrogens (primary N) is 1. The Labute approximate surface area is 111 Å². The SMILES string of the molecule is CC1(C)COc2ccc(-c3cc(N)no3)cc2OC1. The number of hydrogen-bond acceptors (Lipinski definition) is 5. The number of ether oxygens (including phenoxy) is 2. The molecule has 5 nitrogen and oxygen atoms in total. The summed E-state index contributed by atoms with van der Waals surface area (Å²) in [4.78, 5) is 0. The quantitative estimate of drug-likeness (QED) is 0.853. The topological polar surface area (TPSA) is 70.5 Å². The number of anilines is 1. The van der Waals surface area contributed by atoms with Crippen molar-refractivity contribution in [2.24, 2.45) is 5.41 Å². The van der Waals surface area contributed by atoms with Crippen LogP contribution < -0.4 is 15.2 Å². The lowest BCUT2D eigenvalue weighted by atomic mass is 9.97. The average molecular weight is 260 g/mol. The van der Waals surface area contributed by atoms with Gasteiger partial charge in [-0.3, -0.25) is 0 Å². The normalized spacial score (nSPS) is 16.9. The second-order valence-corrected chi connectivity index (χ2v) is 5.52. The maximum Gasteiger partial charge on any atom is 0.169 e. The fraction of sp³-hybridized carbons (Fsp3) is 0.357. The maximum absolute atomic E-state index is 5.81. The van der Waals surface area contributed by atoms with Gasteiger partial charge in [0.15, 0.2) is 23.1 Å². The largest absolute Gasteiger partial charge is 0.489 e. The highest BCUT2D eigenvalue weighted by Crippen LogP contribution is 2.37. The van der Waals surface area contributed by atoms with Gasteiger partial charge in [-0.2, -0.15) is 0 Å². The highest BCUT2D eigenvalue weighted by atomic mass is 16.5. The van der Waals surface area contributed by atoms with Crippen molar-refractivity contribution in [2.45, 2.75) is 13.8 Å². The van der Waals surface area contributed by atoms with Gasteiger partial charge in [0.1, 0.15) is 0 Å². The van der Waals surface area contributed by atoms with Crippen LogP contribution in [0.2, 0.25) is 0 Å². The summed E-state index contributed by atoms with van der Waals surface area (Å²) in [5, 5.41) is 3.68. The van der Waals surface area contributed by atoms with Crippen molar-refractivity contribution in [3.8, 4) is 22.8 Å². The zero-order valence-electron chi connectivity index (χ0n) is 11.0. The highest BCUT2D eigenvalue weighted by molar-refractivity contribution is 5.64. The van der Waals surface area contributed by atoms with Crippen LogP contribution in [-0.4, -0.2) is 18.4 Å². The van der Waals surface area contributed by atoms with Gasteiger partial charge in [-0.15, -0.1) is 0 Å². The number of fused-ring (bicyclic) bond motifs is 1. The van der Waals surface area contributed by atoms with Crippen molar-refractivity contribution >= 4 is 5.82 Å². The lowest BCUT2D eigenvalue weighted by Crippen LogP contribution is -2.26. The van der Waals surface area contributed by atoms with Crippen LogP contribution >= 0.6 is 0 Å². The standard InChI is InChI=1S/C14H16N2O3/c1-14(2)7-17-10-4-3-9(5-12(10)18-8-14)11-6-13(15)16-19-11/h3-6H,7-8H2,1-2H3,(H2,15,16). The van der Waals surface area contributed by atoms with Crippen molar-refractivity contribution in [3.63, 3.8) is 0 Å². The third-order valence-corrected chi connectivity index (χ3v) is 2.99. The molecule has 2 N–H and O–H groups in total. The van der Waals surface area contributed by atoms with Crippen molar-refractivity contribution in [1.82, 2.24) is 5.16 Å². The molecule has 0 saturated carbocycles. The van der Waals surface area contributed by atoms with Gasteiger partial charge in [0, 0.05) is 17.0 Å².